The average Bonchev–Trinajstić information content (AvgIpc) is 3.05. The summed E-state index contributed by atoms with van der Waals surface area (Å²) in [5, 5.41) is 0. The van der Waals surface area contributed by atoms with Gasteiger partial charge in [-0.2, -0.15) is 0 Å². The topological polar surface area (TPSA) is 64.2 Å². The number of hydrogen-bond acceptors (Lipinski definition) is 3. The fourth-order valence-corrected chi connectivity index (χ4v) is 3.04. The Morgan fingerprint density at radius 1 is 1.23 bits per heavy atom. The molecule has 1 amide bonds. The molecule has 5 nitrogen and oxygen atoms in total. The van der Waals surface area contributed by atoms with Gasteiger partial charge in [0.25, 0.3) is 0 Å². The fraction of sp³-hybridized carbons (Fsp3) is 0.412. The molecular formula is C17H22N4O. The van der Waals surface area contributed by atoms with Crippen molar-refractivity contribution < 1.29 is 4.79 Å². The lowest BCUT2D eigenvalue weighted by molar-refractivity contribution is 0.175. The number of carbonyl (C=O) groups is 1. The minimum atomic E-state index is -0.0129. The third kappa shape index (κ3) is 2.98. The van der Waals surface area contributed by atoms with Crippen LogP contribution in [-0.4, -0.2) is 33.6 Å². The fourth-order valence-electron chi connectivity index (χ4n) is 3.04. The Bertz CT molecular complexity index is 641. The molecule has 0 aliphatic heterocycles. The second-order valence-corrected chi connectivity index (χ2v) is 5.97. The number of benzene rings is 1. The van der Waals surface area contributed by atoms with Crippen LogP contribution in [0.15, 0.2) is 36.8 Å². The largest absolute Gasteiger partial charge is 0.399 e. The molecule has 1 aliphatic carbocycles. The molecule has 0 radical (unpaired) electrons. The molecule has 1 fully saturated rings. The van der Waals surface area contributed by atoms with Crippen molar-refractivity contribution >= 4 is 11.7 Å². The first-order chi connectivity index (χ1) is 10.6. The van der Waals surface area contributed by atoms with E-state index in [-0.39, 0.29) is 6.03 Å². The van der Waals surface area contributed by atoms with Crippen LogP contribution in [0.1, 0.15) is 32.1 Å². The molecule has 3 rings (SSSR count). The van der Waals surface area contributed by atoms with E-state index in [1.165, 1.54) is 19.3 Å². The van der Waals surface area contributed by atoms with Gasteiger partial charge in [-0.1, -0.05) is 31.4 Å². The first-order valence-corrected chi connectivity index (χ1v) is 7.82. The van der Waals surface area contributed by atoms with Crippen LogP contribution in [0.3, 0.4) is 0 Å². The van der Waals surface area contributed by atoms with Gasteiger partial charge >= 0.3 is 6.03 Å². The van der Waals surface area contributed by atoms with E-state index < -0.39 is 0 Å². The second kappa shape index (κ2) is 6.22. The Hall–Kier alpha value is -2.30. The van der Waals surface area contributed by atoms with Crippen LogP contribution in [0.2, 0.25) is 0 Å². The number of rotatable bonds is 2. The molecule has 2 N–H and O–H groups in total. The number of nitrogens with two attached hydrogens (primary N) is 1. The van der Waals surface area contributed by atoms with Crippen LogP contribution in [0.5, 0.6) is 0 Å². The Labute approximate surface area is 130 Å². The Morgan fingerprint density at radius 3 is 2.59 bits per heavy atom. The zero-order valence-corrected chi connectivity index (χ0v) is 12.9. The van der Waals surface area contributed by atoms with Gasteiger partial charge in [-0.3, -0.25) is 4.57 Å². The minimum absolute atomic E-state index is 0.0129. The molecule has 0 unspecified atom stereocenters. The van der Waals surface area contributed by atoms with E-state index in [2.05, 4.69) is 4.98 Å². The van der Waals surface area contributed by atoms with Crippen molar-refractivity contribution in [3.05, 3.63) is 36.8 Å². The lowest BCUT2D eigenvalue weighted by atomic mass is 9.95. The molecule has 0 bridgehead atoms. The summed E-state index contributed by atoms with van der Waals surface area (Å²) in [5.41, 5.74) is 8.15. The maximum atomic E-state index is 12.6. The standard InChI is InChI=1S/C17H22N4O/c1-20(15-5-3-2-4-6-15)17(22)21-11-16(19-12-21)13-7-9-14(18)10-8-13/h7-12,15H,2-6,18H2,1H3. The van der Waals surface area contributed by atoms with Crippen molar-refractivity contribution in [1.29, 1.82) is 0 Å². The van der Waals surface area contributed by atoms with Crippen LogP contribution in [0.4, 0.5) is 10.5 Å². The lowest BCUT2D eigenvalue weighted by Gasteiger charge is -2.31. The second-order valence-electron chi connectivity index (χ2n) is 5.97. The van der Waals surface area contributed by atoms with E-state index >= 15 is 0 Å². The zero-order valence-electron chi connectivity index (χ0n) is 12.9. The van der Waals surface area contributed by atoms with Crippen LogP contribution in [0.25, 0.3) is 11.3 Å². The Kier molecular flexibility index (Phi) is 4.13. The smallest absolute Gasteiger partial charge is 0.329 e. The molecule has 116 valence electrons. The number of carbonyl (C=O) groups excluding carboxylic acids is 1. The zero-order chi connectivity index (χ0) is 15.5. The van der Waals surface area contributed by atoms with E-state index in [0.717, 1.165) is 29.8 Å². The number of imidazole rings is 1. The average molecular weight is 298 g/mol. The highest BCUT2D eigenvalue weighted by molar-refractivity contribution is 5.78. The van der Waals surface area contributed by atoms with Gasteiger partial charge in [-0.15, -0.1) is 0 Å². The number of nitrogens with zero attached hydrogens (tertiary/aromatic N) is 3. The molecule has 1 saturated carbocycles. The summed E-state index contributed by atoms with van der Waals surface area (Å²) in [4.78, 5) is 18.8. The SMILES string of the molecule is CN(C(=O)n1cnc(-c2ccc(N)cc2)c1)C1CCCCC1. The van der Waals surface area contributed by atoms with Crippen molar-refractivity contribution in [3.8, 4) is 11.3 Å². The predicted octanol–water partition coefficient (Wildman–Crippen LogP) is 3.36. The van der Waals surface area contributed by atoms with E-state index in [9.17, 15) is 4.79 Å². The Balaban J connectivity index is 1.75. The summed E-state index contributed by atoms with van der Waals surface area (Å²) in [7, 11) is 1.89. The van der Waals surface area contributed by atoms with Crippen molar-refractivity contribution in [2.75, 3.05) is 12.8 Å². The number of hydrogen-bond donors (Lipinski definition) is 1. The van der Waals surface area contributed by atoms with E-state index in [0.29, 0.717) is 6.04 Å². The molecule has 0 atom stereocenters. The molecule has 2 aromatic rings. The van der Waals surface area contributed by atoms with E-state index in [1.807, 2.05) is 36.2 Å². The van der Waals surface area contributed by atoms with Crippen molar-refractivity contribution in [3.63, 3.8) is 0 Å². The summed E-state index contributed by atoms with van der Waals surface area (Å²) >= 11 is 0. The van der Waals surface area contributed by atoms with Gasteiger partial charge in [0, 0.05) is 30.5 Å². The monoisotopic (exact) mass is 298 g/mol. The van der Waals surface area contributed by atoms with Gasteiger partial charge in [0.15, 0.2) is 0 Å². The molecule has 0 saturated heterocycles. The summed E-state index contributed by atoms with van der Waals surface area (Å²) < 4.78 is 1.57. The van der Waals surface area contributed by atoms with Gasteiger partial charge in [-0.05, 0) is 25.0 Å². The maximum Gasteiger partial charge on any atom is 0.329 e. The normalized spacial score (nSPS) is 15.7. The summed E-state index contributed by atoms with van der Waals surface area (Å²) in [6.45, 7) is 0. The first kappa shape index (κ1) is 14.6. The summed E-state index contributed by atoms with van der Waals surface area (Å²) in [6, 6.07) is 7.84. The van der Waals surface area contributed by atoms with Gasteiger partial charge in [0.05, 0.1) is 5.69 Å². The highest BCUT2D eigenvalue weighted by Gasteiger charge is 2.23. The molecule has 1 aromatic heterocycles. The lowest BCUT2D eigenvalue weighted by Crippen LogP contribution is -2.40. The third-order valence-corrected chi connectivity index (χ3v) is 4.43. The van der Waals surface area contributed by atoms with Crippen molar-refractivity contribution in [1.82, 2.24) is 14.5 Å². The molecular weight excluding hydrogens is 276 g/mol. The number of amides is 1. The molecule has 1 aromatic carbocycles. The highest BCUT2D eigenvalue weighted by atomic mass is 16.2. The number of aromatic nitrogens is 2. The van der Waals surface area contributed by atoms with Crippen LogP contribution < -0.4 is 5.73 Å². The van der Waals surface area contributed by atoms with Crippen LogP contribution in [0, 0.1) is 0 Å². The van der Waals surface area contributed by atoms with Gasteiger partial charge < -0.3 is 10.6 Å². The van der Waals surface area contributed by atoms with E-state index in [4.69, 9.17) is 5.73 Å². The van der Waals surface area contributed by atoms with E-state index in [1.54, 1.807) is 17.1 Å². The van der Waals surface area contributed by atoms with Gasteiger partial charge in [-0.25, -0.2) is 9.78 Å². The number of anilines is 1. The molecule has 0 spiro atoms. The molecule has 1 aliphatic rings. The van der Waals surface area contributed by atoms with Crippen molar-refractivity contribution in [2.24, 2.45) is 0 Å². The third-order valence-electron chi connectivity index (χ3n) is 4.43. The maximum absolute atomic E-state index is 12.6. The quantitative estimate of drug-likeness (QED) is 0.865. The summed E-state index contributed by atoms with van der Waals surface area (Å²) in [5.74, 6) is 0. The van der Waals surface area contributed by atoms with Crippen LogP contribution in [-0.2, 0) is 0 Å². The van der Waals surface area contributed by atoms with Gasteiger partial charge in [0.2, 0.25) is 0 Å². The van der Waals surface area contributed by atoms with Crippen LogP contribution >= 0.6 is 0 Å². The summed E-state index contributed by atoms with van der Waals surface area (Å²) in [6.07, 6.45) is 9.28. The minimum Gasteiger partial charge on any atom is -0.399 e. The highest BCUT2D eigenvalue weighted by Crippen LogP contribution is 2.23. The molecule has 5 heteroatoms. The molecule has 22 heavy (non-hydrogen) atoms. The first-order valence-electron chi connectivity index (χ1n) is 7.82. The molecule has 1 heterocycles. The number of nitrogen functional groups attached to an aromatic ring is 1. The predicted molar refractivity (Wildman–Crippen MR) is 87.5 cm³/mol. The Morgan fingerprint density at radius 2 is 1.91 bits per heavy atom. The van der Waals surface area contributed by atoms with Crippen molar-refractivity contribution in [2.45, 2.75) is 38.1 Å². The van der Waals surface area contributed by atoms with Gasteiger partial charge in [0.1, 0.15) is 6.33 Å².